The number of ether oxygens (including phenoxy) is 1. The van der Waals surface area contributed by atoms with Crippen LogP contribution in [0.2, 0.25) is 0 Å². The minimum absolute atomic E-state index is 0.251. The van der Waals surface area contributed by atoms with Gasteiger partial charge < -0.3 is 14.9 Å². The van der Waals surface area contributed by atoms with Gasteiger partial charge in [0.15, 0.2) is 0 Å². The molecule has 3 unspecified atom stereocenters. The maximum Gasteiger partial charge on any atom is 0.147 e. The zero-order chi connectivity index (χ0) is 10.2. The highest BCUT2D eigenvalue weighted by atomic mass is 16.6. The van der Waals surface area contributed by atoms with Gasteiger partial charge in [0, 0.05) is 0 Å². The van der Waals surface area contributed by atoms with Crippen LogP contribution in [-0.4, -0.2) is 29.0 Å². The number of benzene rings is 1. The molecule has 14 heavy (non-hydrogen) atoms. The summed E-state index contributed by atoms with van der Waals surface area (Å²) in [7, 11) is 0. The van der Waals surface area contributed by atoms with E-state index in [4.69, 9.17) is 4.74 Å². The highest BCUT2D eigenvalue weighted by Crippen LogP contribution is 2.40. The molecule has 0 aliphatic carbocycles. The van der Waals surface area contributed by atoms with Crippen molar-refractivity contribution in [3.8, 4) is 0 Å². The highest BCUT2D eigenvalue weighted by Gasteiger charge is 2.52. The third-order valence-corrected chi connectivity index (χ3v) is 2.70. The fourth-order valence-electron chi connectivity index (χ4n) is 1.82. The number of hydrogen-bond donors (Lipinski definition) is 2. The van der Waals surface area contributed by atoms with E-state index in [1.807, 2.05) is 30.3 Å². The average molecular weight is 193 g/mol. The maximum absolute atomic E-state index is 9.66. The lowest BCUT2D eigenvalue weighted by atomic mass is 9.80. The smallest absolute Gasteiger partial charge is 0.147 e. The minimum Gasteiger partial charge on any atom is -0.390 e. The van der Waals surface area contributed by atoms with Crippen LogP contribution in [0.25, 0.3) is 0 Å². The van der Waals surface area contributed by atoms with Crippen LogP contribution in [0.5, 0.6) is 0 Å². The number of rotatable bonds is 2. The van der Waals surface area contributed by atoms with Gasteiger partial charge >= 0.3 is 0 Å². The minimum atomic E-state index is -1.03. The molecule has 1 aromatic rings. The van der Waals surface area contributed by atoms with E-state index >= 15 is 0 Å². The summed E-state index contributed by atoms with van der Waals surface area (Å²) in [4.78, 5) is 0. The lowest BCUT2D eigenvalue weighted by Crippen LogP contribution is -2.61. The predicted molar refractivity (Wildman–Crippen MR) is 51.4 cm³/mol. The van der Waals surface area contributed by atoms with Crippen molar-refractivity contribution in [3.63, 3.8) is 0 Å². The first kappa shape index (κ1) is 9.65. The number of aliphatic hydroxyl groups excluding tert-OH is 2. The van der Waals surface area contributed by atoms with Crippen LogP contribution in [0.1, 0.15) is 5.56 Å². The van der Waals surface area contributed by atoms with E-state index in [9.17, 15) is 10.2 Å². The maximum atomic E-state index is 9.66. The SMILES string of the molecule is [CH2]C(O)C1(c2ccccc2)OCC1O. The van der Waals surface area contributed by atoms with Crippen LogP contribution >= 0.6 is 0 Å². The molecule has 0 bridgehead atoms. The van der Waals surface area contributed by atoms with Gasteiger partial charge in [0.05, 0.1) is 12.7 Å². The lowest BCUT2D eigenvalue weighted by molar-refractivity contribution is -0.278. The number of hydrogen-bond acceptors (Lipinski definition) is 3. The zero-order valence-corrected chi connectivity index (χ0v) is 7.76. The van der Waals surface area contributed by atoms with Crippen molar-refractivity contribution in [3.05, 3.63) is 42.8 Å². The third-order valence-electron chi connectivity index (χ3n) is 2.70. The molecule has 3 atom stereocenters. The van der Waals surface area contributed by atoms with E-state index in [0.717, 1.165) is 5.56 Å². The molecule has 1 aliphatic heterocycles. The fraction of sp³-hybridized carbons (Fsp3) is 0.364. The van der Waals surface area contributed by atoms with Crippen LogP contribution in [0, 0.1) is 6.92 Å². The van der Waals surface area contributed by atoms with Gasteiger partial charge in [0.1, 0.15) is 11.7 Å². The van der Waals surface area contributed by atoms with E-state index in [-0.39, 0.29) is 6.61 Å². The fourth-order valence-corrected chi connectivity index (χ4v) is 1.82. The van der Waals surface area contributed by atoms with Crippen LogP contribution in [0.15, 0.2) is 30.3 Å². The van der Waals surface area contributed by atoms with Crippen molar-refractivity contribution < 1.29 is 14.9 Å². The predicted octanol–water partition coefficient (Wildman–Crippen LogP) is 0.468. The molecule has 1 saturated heterocycles. The molecule has 1 heterocycles. The normalized spacial score (nSPS) is 33.5. The Morgan fingerprint density at radius 2 is 2.07 bits per heavy atom. The quantitative estimate of drug-likeness (QED) is 0.717. The molecule has 0 amide bonds. The summed E-state index contributed by atoms with van der Waals surface area (Å²) < 4.78 is 5.32. The topological polar surface area (TPSA) is 49.7 Å². The van der Waals surface area contributed by atoms with Crippen molar-refractivity contribution in [2.45, 2.75) is 17.8 Å². The Labute approximate surface area is 83.0 Å². The van der Waals surface area contributed by atoms with Crippen molar-refractivity contribution in [1.29, 1.82) is 0 Å². The largest absolute Gasteiger partial charge is 0.390 e. The van der Waals surface area contributed by atoms with Crippen LogP contribution in [0.4, 0.5) is 0 Å². The van der Waals surface area contributed by atoms with Gasteiger partial charge in [-0.2, -0.15) is 0 Å². The number of aliphatic hydroxyl groups is 2. The Balaban J connectivity index is 2.38. The Morgan fingerprint density at radius 3 is 2.43 bits per heavy atom. The van der Waals surface area contributed by atoms with Crippen molar-refractivity contribution >= 4 is 0 Å². The zero-order valence-electron chi connectivity index (χ0n) is 7.76. The molecule has 1 fully saturated rings. The average Bonchev–Trinajstić information content (AvgIpc) is 2.17. The van der Waals surface area contributed by atoms with E-state index in [1.54, 1.807) is 0 Å². The molecule has 3 heteroatoms. The first-order valence-corrected chi connectivity index (χ1v) is 4.56. The second-order valence-corrected chi connectivity index (χ2v) is 3.50. The molecule has 0 aromatic heterocycles. The summed E-state index contributed by atoms with van der Waals surface area (Å²) in [5.41, 5.74) is -0.261. The lowest BCUT2D eigenvalue weighted by Gasteiger charge is -2.48. The molecule has 1 radical (unpaired) electrons. The van der Waals surface area contributed by atoms with Gasteiger partial charge in [-0.15, -0.1) is 0 Å². The first-order chi connectivity index (χ1) is 6.68. The summed E-state index contributed by atoms with van der Waals surface area (Å²) in [6, 6.07) is 9.19. The van der Waals surface area contributed by atoms with E-state index in [1.165, 1.54) is 0 Å². The first-order valence-electron chi connectivity index (χ1n) is 4.56. The molecule has 1 aliphatic rings. The van der Waals surface area contributed by atoms with Gasteiger partial charge in [-0.05, 0) is 12.5 Å². The summed E-state index contributed by atoms with van der Waals surface area (Å²) in [6.07, 6.45) is -1.65. The third kappa shape index (κ3) is 1.17. The Bertz CT molecular complexity index is 303. The highest BCUT2D eigenvalue weighted by molar-refractivity contribution is 5.28. The second kappa shape index (κ2) is 3.35. The summed E-state index contributed by atoms with van der Waals surface area (Å²) in [5, 5.41) is 19.2. The standard InChI is InChI=1S/C11H13O3/c1-8(12)11(10(13)7-14-11)9-5-3-2-4-6-9/h2-6,8,10,12-13H,1,7H2. The van der Waals surface area contributed by atoms with E-state index < -0.39 is 17.8 Å². The monoisotopic (exact) mass is 193 g/mol. The van der Waals surface area contributed by atoms with Crippen molar-refractivity contribution in [2.24, 2.45) is 0 Å². The van der Waals surface area contributed by atoms with Gasteiger partial charge in [-0.3, -0.25) is 0 Å². The molecular formula is C11H13O3. The summed E-state index contributed by atoms with van der Waals surface area (Å²) >= 11 is 0. The van der Waals surface area contributed by atoms with Gasteiger partial charge in [0.2, 0.25) is 0 Å². The van der Waals surface area contributed by atoms with Crippen molar-refractivity contribution in [1.82, 2.24) is 0 Å². The molecule has 2 N–H and O–H groups in total. The van der Waals surface area contributed by atoms with Crippen molar-refractivity contribution in [2.75, 3.05) is 6.61 Å². The Hall–Kier alpha value is -0.900. The van der Waals surface area contributed by atoms with Crippen LogP contribution in [-0.2, 0) is 10.3 Å². The van der Waals surface area contributed by atoms with Gasteiger partial charge in [-0.25, -0.2) is 0 Å². The molecule has 0 spiro atoms. The van der Waals surface area contributed by atoms with Crippen LogP contribution < -0.4 is 0 Å². The Kier molecular flexibility index (Phi) is 2.31. The van der Waals surface area contributed by atoms with E-state index in [0.29, 0.717) is 0 Å². The molecule has 2 rings (SSSR count). The molecule has 0 saturated carbocycles. The van der Waals surface area contributed by atoms with Crippen LogP contribution in [0.3, 0.4) is 0 Å². The van der Waals surface area contributed by atoms with Gasteiger partial charge in [-0.1, -0.05) is 30.3 Å². The van der Waals surface area contributed by atoms with Gasteiger partial charge in [0.25, 0.3) is 0 Å². The molecule has 75 valence electrons. The Morgan fingerprint density at radius 1 is 1.43 bits per heavy atom. The molecule has 3 nitrogen and oxygen atoms in total. The summed E-state index contributed by atoms with van der Waals surface area (Å²) in [5.74, 6) is 0. The molecular weight excluding hydrogens is 180 g/mol. The summed E-state index contributed by atoms with van der Waals surface area (Å²) in [6.45, 7) is 3.78. The van der Waals surface area contributed by atoms with E-state index in [2.05, 4.69) is 6.92 Å². The second-order valence-electron chi connectivity index (χ2n) is 3.50. The molecule has 1 aromatic carbocycles.